The Labute approximate surface area is 123 Å². The third kappa shape index (κ3) is 2.94. The number of rotatable bonds is 2. The maximum Gasteiger partial charge on any atom is 0.228 e. The topological polar surface area (TPSA) is 49.8 Å². The van der Waals surface area contributed by atoms with Gasteiger partial charge in [0.2, 0.25) is 5.91 Å². The molecule has 1 saturated carbocycles. The molecule has 2 fully saturated rings. The molecular formula is C16H20FNO3. The lowest BCUT2D eigenvalue weighted by molar-refractivity contribution is -0.146. The lowest BCUT2D eigenvalue weighted by Gasteiger charge is -2.35. The number of hydrogen-bond acceptors (Lipinski definition) is 3. The van der Waals surface area contributed by atoms with Crippen molar-refractivity contribution in [1.29, 1.82) is 0 Å². The van der Waals surface area contributed by atoms with Crippen LogP contribution in [0.15, 0.2) is 24.3 Å². The number of halogens is 1. The van der Waals surface area contributed by atoms with Gasteiger partial charge < -0.3 is 14.7 Å². The molecule has 0 aromatic heterocycles. The molecule has 0 spiro atoms. The van der Waals surface area contributed by atoms with Crippen molar-refractivity contribution in [2.45, 2.75) is 31.5 Å². The normalized spacial score (nSPS) is 29.6. The maximum absolute atomic E-state index is 13.8. The van der Waals surface area contributed by atoms with Crippen LogP contribution in [0.4, 0.5) is 4.39 Å². The van der Waals surface area contributed by atoms with Gasteiger partial charge in [0.25, 0.3) is 0 Å². The molecule has 0 radical (unpaired) electrons. The van der Waals surface area contributed by atoms with Crippen LogP contribution in [0.1, 0.15) is 30.9 Å². The Bertz CT molecular complexity index is 522. The number of hydrogen-bond donors (Lipinski definition) is 1. The van der Waals surface area contributed by atoms with E-state index in [2.05, 4.69) is 0 Å². The summed E-state index contributed by atoms with van der Waals surface area (Å²) < 4.78 is 19.5. The van der Waals surface area contributed by atoms with Gasteiger partial charge in [0.15, 0.2) is 0 Å². The Morgan fingerprint density at radius 1 is 1.33 bits per heavy atom. The first-order valence-corrected chi connectivity index (χ1v) is 7.49. The van der Waals surface area contributed by atoms with E-state index in [-0.39, 0.29) is 17.6 Å². The van der Waals surface area contributed by atoms with Gasteiger partial charge in [0.1, 0.15) is 11.9 Å². The van der Waals surface area contributed by atoms with Gasteiger partial charge in [-0.1, -0.05) is 18.2 Å². The van der Waals surface area contributed by atoms with E-state index in [1.54, 1.807) is 23.1 Å². The van der Waals surface area contributed by atoms with Crippen molar-refractivity contribution in [2.75, 3.05) is 19.7 Å². The molecule has 3 atom stereocenters. The van der Waals surface area contributed by atoms with Gasteiger partial charge in [-0.05, 0) is 25.3 Å². The standard InChI is InChI=1S/C16H20FNO3/c17-13-6-2-1-4-11(13)15-10-18(8-9-21-15)16(20)12-5-3-7-14(12)19/h1-2,4,6,12,14-15,19H,3,5,7-10H2. The number of aliphatic hydroxyl groups excluding tert-OH is 1. The molecule has 114 valence electrons. The largest absolute Gasteiger partial charge is 0.392 e. The average Bonchev–Trinajstić information content (AvgIpc) is 2.93. The molecule has 1 heterocycles. The highest BCUT2D eigenvalue weighted by Gasteiger charge is 2.36. The Balaban J connectivity index is 1.71. The highest BCUT2D eigenvalue weighted by Crippen LogP contribution is 2.30. The third-order valence-electron chi connectivity index (χ3n) is 4.43. The van der Waals surface area contributed by atoms with Crippen molar-refractivity contribution >= 4 is 5.91 Å². The van der Waals surface area contributed by atoms with Gasteiger partial charge in [-0.25, -0.2) is 4.39 Å². The summed E-state index contributed by atoms with van der Waals surface area (Å²) in [5.41, 5.74) is 0.488. The van der Waals surface area contributed by atoms with Crippen LogP contribution in [0.5, 0.6) is 0 Å². The van der Waals surface area contributed by atoms with Gasteiger partial charge in [0.05, 0.1) is 25.2 Å². The smallest absolute Gasteiger partial charge is 0.228 e. The number of nitrogens with zero attached hydrogens (tertiary/aromatic N) is 1. The summed E-state index contributed by atoms with van der Waals surface area (Å²) >= 11 is 0. The Kier molecular flexibility index (Phi) is 4.22. The molecule has 1 aromatic rings. The lowest BCUT2D eigenvalue weighted by atomic mass is 10.0. The molecule has 3 unspecified atom stereocenters. The molecule has 1 aliphatic carbocycles. The average molecular weight is 293 g/mol. The number of amides is 1. The van der Waals surface area contributed by atoms with Crippen molar-refractivity contribution in [3.8, 4) is 0 Å². The fraction of sp³-hybridized carbons (Fsp3) is 0.562. The van der Waals surface area contributed by atoms with Crippen molar-refractivity contribution in [3.63, 3.8) is 0 Å². The van der Waals surface area contributed by atoms with Crippen LogP contribution < -0.4 is 0 Å². The van der Waals surface area contributed by atoms with Crippen molar-refractivity contribution in [2.24, 2.45) is 5.92 Å². The molecule has 1 saturated heterocycles. The number of carbonyl (C=O) groups excluding carboxylic acids is 1. The molecule has 1 aromatic carbocycles. The summed E-state index contributed by atoms with van der Waals surface area (Å²) in [6.07, 6.45) is 1.35. The van der Waals surface area contributed by atoms with E-state index in [1.165, 1.54) is 6.07 Å². The van der Waals surface area contributed by atoms with E-state index >= 15 is 0 Å². The van der Waals surface area contributed by atoms with Crippen LogP contribution in [0.2, 0.25) is 0 Å². The SMILES string of the molecule is O=C(C1CCCC1O)N1CCOC(c2ccccc2F)C1. The van der Waals surface area contributed by atoms with Gasteiger partial charge in [-0.3, -0.25) is 4.79 Å². The highest BCUT2D eigenvalue weighted by atomic mass is 19.1. The van der Waals surface area contributed by atoms with Crippen LogP contribution >= 0.6 is 0 Å². The summed E-state index contributed by atoms with van der Waals surface area (Å²) in [7, 11) is 0. The second kappa shape index (κ2) is 6.12. The number of morpholine rings is 1. The Morgan fingerprint density at radius 3 is 2.86 bits per heavy atom. The first kappa shape index (κ1) is 14.5. The Hall–Kier alpha value is -1.46. The molecule has 4 nitrogen and oxygen atoms in total. The summed E-state index contributed by atoms with van der Waals surface area (Å²) in [5.74, 6) is -0.633. The first-order chi connectivity index (χ1) is 10.2. The zero-order chi connectivity index (χ0) is 14.8. The molecule has 1 amide bonds. The van der Waals surface area contributed by atoms with E-state index in [1.807, 2.05) is 0 Å². The predicted octanol–water partition coefficient (Wildman–Crippen LogP) is 1.89. The van der Waals surface area contributed by atoms with Gasteiger partial charge in [0, 0.05) is 12.1 Å². The lowest BCUT2D eigenvalue weighted by Crippen LogP contribution is -2.46. The summed E-state index contributed by atoms with van der Waals surface area (Å²) in [4.78, 5) is 14.2. The number of benzene rings is 1. The Morgan fingerprint density at radius 2 is 2.14 bits per heavy atom. The summed E-state index contributed by atoms with van der Waals surface area (Å²) in [5, 5.41) is 9.88. The van der Waals surface area contributed by atoms with Crippen LogP contribution in [-0.4, -0.2) is 41.7 Å². The molecule has 2 aliphatic rings. The van der Waals surface area contributed by atoms with E-state index in [0.717, 1.165) is 12.8 Å². The van der Waals surface area contributed by atoms with Gasteiger partial charge in [-0.2, -0.15) is 0 Å². The molecule has 0 bridgehead atoms. The second-order valence-electron chi connectivity index (χ2n) is 5.77. The number of carbonyl (C=O) groups is 1. The fourth-order valence-corrected chi connectivity index (χ4v) is 3.24. The van der Waals surface area contributed by atoms with E-state index in [9.17, 15) is 14.3 Å². The van der Waals surface area contributed by atoms with Crippen LogP contribution in [-0.2, 0) is 9.53 Å². The second-order valence-corrected chi connectivity index (χ2v) is 5.77. The van der Waals surface area contributed by atoms with Crippen molar-refractivity contribution < 1.29 is 19.0 Å². The van der Waals surface area contributed by atoms with Crippen LogP contribution in [0.25, 0.3) is 0 Å². The van der Waals surface area contributed by atoms with E-state index < -0.39 is 12.2 Å². The summed E-state index contributed by atoms with van der Waals surface area (Å²) in [6.45, 7) is 1.25. The molecular weight excluding hydrogens is 273 g/mol. The predicted molar refractivity (Wildman–Crippen MR) is 75.0 cm³/mol. The van der Waals surface area contributed by atoms with E-state index in [4.69, 9.17) is 4.74 Å². The minimum atomic E-state index is -0.535. The molecule has 1 N–H and O–H groups in total. The van der Waals surface area contributed by atoms with E-state index in [0.29, 0.717) is 31.7 Å². The first-order valence-electron chi connectivity index (χ1n) is 7.49. The molecule has 5 heteroatoms. The number of aliphatic hydroxyl groups is 1. The molecule has 1 aliphatic heterocycles. The minimum absolute atomic E-state index is 0.0235. The van der Waals surface area contributed by atoms with Gasteiger partial charge >= 0.3 is 0 Å². The molecule has 3 rings (SSSR count). The van der Waals surface area contributed by atoms with Crippen molar-refractivity contribution in [3.05, 3.63) is 35.6 Å². The monoisotopic (exact) mass is 293 g/mol. The highest BCUT2D eigenvalue weighted by molar-refractivity contribution is 5.80. The zero-order valence-corrected chi connectivity index (χ0v) is 11.9. The van der Waals surface area contributed by atoms with Crippen molar-refractivity contribution in [1.82, 2.24) is 4.90 Å². The van der Waals surface area contributed by atoms with Crippen LogP contribution in [0.3, 0.4) is 0 Å². The minimum Gasteiger partial charge on any atom is -0.392 e. The zero-order valence-electron chi connectivity index (χ0n) is 11.9. The fourth-order valence-electron chi connectivity index (χ4n) is 3.24. The summed E-state index contributed by atoms with van der Waals surface area (Å²) in [6, 6.07) is 6.50. The number of ether oxygens (including phenoxy) is 1. The third-order valence-corrected chi connectivity index (χ3v) is 4.43. The van der Waals surface area contributed by atoms with Gasteiger partial charge in [-0.15, -0.1) is 0 Å². The molecule has 21 heavy (non-hydrogen) atoms. The maximum atomic E-state index is 13.8. The van der Waals surface area contributed by atoms with Crippen LogP contribution in [0, 0.1) is 11.7 Å². The quantitative estimate of drug-likeness (QED) is 0.906.